The van der Waals surface area contributed by atoms with Gasteiger partial charge in [-0.05, 0) is 43.1 Å². The lowest BCUT2D eigenvalue weighted by molar-refractivity contribution is -0.128. The van der Waals surface area contributed by atoms with Crippen molar-refractivity contribution in [3.05, 3.63) is 22.8 Å². The van der Waals surface area contributed by atoms with Crippen LogP contribution >= 0.6 is 12.6 Å². The number of rotatable bonds is 4. The van der Waals surface area contributed by atoms with Gasteiger partial charge in [-0.15, -0.1) is 12.6 Å². The Balaban J connectivity index is 2.10. The zero-order valence-corrected chi connectivity index (χ0v) is 13.0. The molecule has 19 heavy (non-hydrogen) atoms. The Labute approximate surface area is 121 Å². The van der Waals surface area contributed by atoms with Crippen LogP contribution in [0, 0.1) is 17.3 Å². The van der Waals surface area contributed by atoms with Crippen LogP contribution in [0.4, 0.5) is 0 Å². The van der Waals surface area contributed by atoms with E-state index in [0.717, 1.165) is 32.1 Å². The monoisotopic (exact) mass is 280 g/mol. The highest BCUT2D eigenvalue weighted by Gasteiger charge is 2.47. The highest BCUT2D eigenvalue weighted by Crippen LogP contribution is 2.53. The number of carbonyl (C=O) groups excluding carboxylic acids is 1. The van der Waals surface area contributed by atoms with E-state index in [1.807, 2.05) is 6.08 Å². The van der Waals surface area contributed by atoms with Gasteiger partial charge in [0.2, 0.25) is 0 Å². The summed E-state index contributed by atoms with van der Waals surface area (Å²) in [7, 11) is 1.63. The van der Waals surface area contributed by atoms with Crippen LogP contribution < -0.4 is 0 Å². The normalized spacial score (nSPS) is 32.8. The first-order valence-corrected chi connectivity index (χ1v) is 7.60. The molecule has 0 radical (unpaired) electrons. The molecule has 0 bridgehead atoms. The van der Waals surface area contributed by atoms with Crippen LogP contribution in [-0.2, 0) is 9.53 Å². The van der Waals surface area contributed by atoms with Gasteiger partial charge >= 0.3 is 0 Å². The zero-order chi connectivity index (χ0) is 14.0. The second-order valence-corrected chi connectivity index (χ2v) is 6.51. The number of methoxy groups -OCH3 is 1. The van der Waals surface area contributed by atoms with Crippen molar-refractivity contribution >= 4 is 18.4 Å². The second-order valence-electron chi connectivity index (χ2n) is 6.07. The van der Waals surface area contributed by atoms with Gasteiger partial charge in [0.25, 0.3) is 0 Å². The summed E-state index contributed by atoms with van der Waals surface area (Å²) in [5.41, 5.74) is 1.57. The summed E-state index contributed by atoms with van der Waals surface area (Å²) >= 11 is 4.24. The third-order valence-electron chi connectivity index (χ3n) is 4.90. The molecular formula is C16H24O2S. The second kappa shape index (κ2) is 5.74. The fourth-order valence-corrected chi connectivity index (χ4v) is 3.91. The minimum atomic E-state index is 0.104. The molecule has 0 aromatic heterocycles. The number of thiol groups is 1. The summed E-state index contributed by atoms with van der Waals surface area (Å²) in [4.78, 5) is 12.1. The summed E-state index contributed by atoms with van der Waals surface area (Å²) in [5, 5.41) is 0.673. The van der Waals surface area contributed by atoms with Crippen molar-refractivity contribution in [3.63, 3.8) is 0 Å². The predicted octanol–water partition coefficient (Wildman–Crippen LogP) is 4.14. The van der Waals surface area contributed by atoms with Crippen molar-refractivity contribution in [1.29, 1.82) is 0 Å². The third-order valence-corrected chi connectivity index (χ3v) is 5.26. The molecule has 2 unspecified atom stereocenters. The quantitative estimate of drug-likeness (QED) is 0.476. The first kappa shape index (κ1) is 14.7. The fourth-order valence-electron chi connectivity index (χ4n) is 3.80. The van der Waals surface area contributed by atoms with Gasteiger partial charge in [-0.25, -0.2) is 0 Å². The van der Waals surface area contributed by atoms with E-state index >= 15 is 0 Å². The van der Waals surface area contributed by atoms with Gasteiger partial charge in [-0.2, -0.15) is 0 Å². The van der Waals surface area contributed by atoms with Gasteiger partial charge in [0.1, 0.15) is 10.9 Å². The summed E-state index contributed by atoms with van der Waals surface area (Å²) in [6.45, 7) is 4.53. The smallest absolute Gasteiger partial charge is 0.145 e. The van der Waals surface area contributed by atoms with Crippen molar-refractivity contribution < 1.29 is 9.53 Å². The summed E-state index contributed by atoms with van der Waals surface area (Å²) in [6.07, 6.45) is 9.18. The van der Waals surface area contributed by atoms with Crippen LogP contribution in [0.15, 0.2) is 22.8 Å². The standard InChI is InChI=1S/C16H24O2S/c1-11(6-9-15(19)18-3)12-7-8-13-14(17)5-4-10-16(12,13)2/h7,9,11,13,19H,4-6,8,10H2,1-3H3/b15-9+/t11?,13-,16?/m0/s1. The van der Waals surface area contributed by atoms with Gasteiger partial charge in [0.15, 0.2) is 0 Å². The largest absolute Gasteiger partial charge is 0.491 e. The van der Waals surface area contributed by atoms with Crippen molar-refractivity contribution in [3.8, 4) is 0 Å². The molecule has 2 aliphatic carbocycles. The number of ether oxygens (including phenoxy) is 1. The first-order chi connectivity index (χ1) is 8.99. The topological polar surface area (TPSA) is 26.3 Å². The number of fused-ring (bicyclic) bond motifs is 1. The van der Waals surface area contributed by atoms with Crippen molar-refractivity contribution in [2.45, 2.75) is 46.0 Å². The predicted molar refractivity (Wildman–Crippen MR) is 81.0 cm³/mol. The van der Waals surface area contributed by atoms with Crippen LogP contribution in [0.25, 0.3) is 0 Å². The van der Waals surface area contributed by atoms with Crippen molar-refractivity contribution in [2.75, 3.05) is 7.11 Å². The Kier molecular flexibility index (Phi) is 4.44. The van der Waals surface area contributed by atoms with Crippen LogP contribution in [0.1, 0.15) is 46.0 Å². The van der Waals surface area contributed by atoms with Crippen molar-refractivity contribution in [1.82, 2.24) is 0 Å². The van der Waals surface area contributed by atoms with E-state index in [-0.39, 0.29) is 11.3 Å². The maximum atomic E-state index is 12.1. The molecule has 0 heterocycles. The maximum absolute atomic E-state index is 12.1. The highest BCUT2D eigenvalue weighted by atomic mass is 32.1. The number of allylic oxidation sites excluding steroid dienone is 3. The summed E-state index contributed by atoms with van der Waals surface area (Å²) in [5.74, 6) is 1.16. The Hall–Kier alpha value is -0.700. The molecule has 0 aromatic carbocycles. The lowest BCUT2D eigenvalue weighted by Gasteiger charge is -2.40. The minimum absolute atomic E-state index is 0.104. The molecule has 1 fully saturated rings. The lowest BCUT2D eigenvalue weighted by Crippen LogP contribution is -2.36. The average Bonchev–Trinajstić information content (AvgIpc) is 2.74. The van der Waals surface area contributed by atoms with Gasteiger partial charge in [0.05, 0.1) is 7.11 Å². The van der Waals surface area contributed by atoms with Crippen molar-refractivity contribution in [2.24, 2.45) is 17.3 Å². The number of hydrogen-bond acceptors (Lipinski definition) is 3. The zero-order valence-electron chi connectivity index (χ0n) is 12.1. The molecule has 106 valence electrons. The molecule has 2 rings (SSSR count). The Morgan fingerprint density at radius 1 is 1.68 bits per heavy atom. The lowest BCUT2D eigenvalue weighted by atomic mass is 9.63. The first-order valence-electron chi connectivity index (χ1n) is 7.15. The third kappa shape index (κ3) is 2.76. The van der Waals surface area contributed by atoms with Crippen LogP contribution in [-0.4, -0.2) is 12.9 Å². The van der Waals surface area contributed by atoms with E-state index in [0.29, 0.717) is 16.8 Å². The molecule has 0 aliphatic heterocycles. The fraction of sp³-hybridized carbons (Fsp3) is 0.688. The van der Waals surface area contributed by atoms with E-state index in [4.69, 9.17) is 4.74 Å². The van der Waals surface area contributed by atoms with E-state index in [1.54, 1.807) is 7.11 Å². The van der Waals surface area contributed by atoms with Gasteiger partial charge < -0.3 is 4.74 Å². The molecule has 0 aromatic rings. The van der Waals surface area contributed by atoms with E-state index in [9.17, 15) is 4.79 Å². The molecule has 0 spiro atoms. The molecule has 0 N–H and O–H groups in total. The van der Waals surface area contributed by atoms with E-state index in [1.165, 1.54) is 5.57 Å². The van der Waals surface area contributed by atoms with Gasteiger partial charge in [0, 0.05) is 12.3 Å². The highest BCUT2D eigenvalue weighted by molar-refractivity contribution is 7.84. The number of ketones is 1. The van der Waals surface area contributed by atoms with Crippen LogP contribution in [0.3, 0.4) is 0 Å². The number of carbonyl (C=O) groups is 1. The van der Waals surface area contributed by atoms with E-state index < -0.39 is 0 Å². The minimum Gasteiger partial charge on any atom is -0.491 e. The molecule has 2 aliphatic rings. The van der Waals surface area contributed by atoms with E-state index in [2.05, 4.69) is 32.6 Å². The molecule has 2 nitrogen and oxygen atoms in total. The summed E-state index contributed by atoms with van der Waals surface area (Å²) < 4.78 is 5.06. The Morgan fingerprint density at radius 2 is 2.42 bits per heavy atom. The Bertz CT molecular complexity index is 424. The molecule has 0 amide bonds. The van der Waals surface area contributed by atoms with Gasteiger partial charge in [-0.1, -0.05) is 25.5 Å². The molecule has 3 heteroatoms. The molecule has 1 saturated carbocycles. The Morgan fingerprint density at radius 3 is 3.11 bits per heavy atom. The van der Waals surface area contributed by atoms with Crippen LogP contribution in [0.2, 0.25) is 0 Å². The summed E-state index contributed by atoms with van der Waals surface area (Å²) in [6, 6.07) is 0. The molecule has 0 saturated heterocycles. The molecular weight excluding hydrogens is 256 g/mol. The molecule has 3 atom stereocenters. The maximum Gasteiger partial charge on any atom is 0.145 e. The average molecular weight is 280 g/mol. The van der Waals surface area contributed by atoms with Gasteiger partial charge in [-0.3, -0.25) is 4.79 Å². The number of Topliss-reactive ketones (excluding diaryl/α,β-unsaturated/α-hetero) is 1. The van der Waals surface area contributed by atoms with Crippen LogP contribution in [0.5, 0.6) is 0 Å². The SMILES string of the molecule is CO/C(S)=C\CC(C)C1=CC[C@H]2C(=O)CCCC12C. The number of hydrogen-bond donors (Lipinski definition) is 1.